The minimum absolute atomic E-state index is 0.0104. The number of carbonyl (C=O) groups is 6. The van der Waals surface area contributed by atoms with Crippen molar-refractivity contribution in [2.24, 2.45) is 11.8 Å². The molecule has 0 aromatic carbocycles. The summed E-state index contributed by atoms with van der Waals surface area (Å²) in [6.07, 6.45) is 4.54. The molecule has 37 heavy (non-hydrogen) atoms. The Labute approximate surface area is 219 Å². The van der Waals surface area contributed by atoms with Crippen molar-refractivity contribution in [1.82, 2.24) is 20.9 Å². The monoisotopic (exact) mass is 521 g/mol. The zero-order valence-electron chi connectivity index (χ0n) is 22.5. The van der Waals surface area contributed by atoms with Crippen molar-refractivity contribution in [3.8, 4) is 0 Å². The van der Waals surface area contributed by atoms with Crippen molar-refractivity contribution in [2.75, 3.05) is 19.7 Å². The third kappa shape index (κ3) is 10.3. The highest BCUT2D eigenvalue weighted by atomic mass is 16.5. The average Bonchev–Trinajstić information content (AvgIpc) is 3.33. The summed E-state index contributed by atoms with van der Waals surface area (Å²) < 4.78 is 4.76. The van der Waals surface area contributed by atoms with Gasteiger partial charge >= 0.3 is 5.97 Å². The van der Waals surface area contributed by atoms with Gasteiger partial charge in [-0.05, 0) is 31.1 Å². The molecule has 1 unspecified atom stereocenters. The fourth-order valence-electron chi connectivity index (χ4n) is 3.93. The van der Waals surface area contributed by atoms with Crippen LogP contribution in [0.5, 0.6) is 0 Å². The molecule has 1 saturated heterocycles. The number of hydrogen-bond donors (Lipinski definition) is 3. The highest BCUT2D eigenvalue weighted by Crippen LogP contribution is 2.21. The van der Waals surface area contributed by atoms with Crippen molar-refractivity contribution in [3.05, 3.63) is 19.1 Å². The number of nitrogens with one attached hydrogen (secondary N) is 3. The molecule has 0 bridgehead atoms. The van der Waals surface area contributed by atoms with Crippen LogP contribution in [-0.4, -0.2) is 78.1 Å². The van der Waals surface area contributed by atoms with Gasteiger partial charge < -0.3 is 25.6 Å². The van der Waals surface area contributed by atoms with E-state index < -0.39 is 48.2 Å². The van der Waals surface area contributed by atoms with E-state index in [4.69, 9.17) is 4.74 Å². The topological polar surface area (TPSA) is 151 Å². The van der Waals surface area contributed by atoms with Crippen LogP contribution < -0.4 is 16.0 Å². The quantitative estimate of drug-likeness (QED) is 0.163. The smallest absolute Gasteiger partial charge is 0.325 e. The summed E-state index contributed by atoms with van der Waals surface area (Å²) in [4.78, 5) is 76.8. The molecular formula is C26H41N4O7. The van der Waals surface area contributed by atoms with E-state index in [1.807, 2.05) is 27.7 Å². The zero-order valence-corrected chi connectivity index (χ0v) is 22.5. The van der Waals surface area contributed by atoms with Gasteiger partial charge in [-0.2, -0.15) is 0 Å². The summed E-state index contributed by atoms with van der Waals surface area (Å²) in [6, 6.07) is -2.75. The molecule has 3 atom stereocenters. The minimum atomic E-state index is -1.11. The Kier molecular flexibility index (Phi) is 13.6. The molecule has 0 saturated carbocycles. The van der Waals surface area contributed by atoms with Gasteiger partial charge in [0.1, 0.15) is 25.2 Å². The van der Waals surface area contributed by atoms with Crippen LogP contribution in [0.4, 0.5) is 0 Å². The van der Waals surface area contributed by atoms with E-state index in [2.05, 4.69) is 22.5 Å². The average molecular weight is 522 g/mol. The summed E-state index contributed by atoms with van der Waals surface area (Å²) >= 11 is 0. The lowest BCUT2D eigenvalue weighted by Gasteiger charge is -2.31. The fraction of sp³-hybridized carbons (Fsp3) is 0.654. The lowest BCUT2D eigenvalue weighted by molar-refractivity contribution is -0.145. The van der Waals surface area contributed by atoms with Crippen molar-refractivity contribution >= 4 is 35.4 Å². The number of ketones is 1. The van der Waals surface area contributed by atoms with Gasteiger partial charge in [-0.3, -0.25) is 28.8 Å². The lowest BCUT2D eigenvalue weighted by atomic mass is 10.0. The molecule has 1 aliphatic rings. The van der Waals surface area contributed by atoms with E-state index in [0.29, 0.717) is 25.8 Å². The van der Waals surface area contributed by atoms with Crippen LogP contribution in [0.1, 0.15) is 60.3 Å². The van der Waals surface area contributed by atoms with Crippen molar-refractivity contribution in [3.63, 3.8) is 0 Å². The molecule has 11 nitrogen and oxygen atoms in total. The molecule has 4 amide bonds. The largest absolute Gasteiger partial charge is 0.460 e. The maximum Gasteiger partial charge on any atom is 0.325 e. The summed E-state index contributed by atoms with van der Waals surface area (Å²) in [6.45, 7) is 12.4. The Morgan fingerprint density at radius 3 is 2.32 bits per heavy atom. The number of nitrogens with zero attached hydrogens (tertiary/aromatic N) is 1. The van der Waals surface area contributed by atoms with E-state index in [1.54, 1.807) is 6.92 Å². The number of likely N-dealkylation sites (tertiary alicyclic amines) is 1. The van der Waals surface area contributed by atoms with Gasteiger partial charge in [-0.25, -0.2) is 0 Å². The van der Waals surface area contributed by atoms with Gasteiger partial charge in [-0.1, -0.05) is 53.7 Å². The van der Waals surface area contributed by atoms with E-state index in [-0.39, 0.29) is 36.7 Å². The number of amides is 4. The molecule has 1 aliphatic heterocycles. The molecular weight excluding hydrogens is 480 g/mol. The highest BCUT2D eigenvalue weighted by molar-refractivity contribution is 6.38. The normalized spacial score (nSPS) is 16.6. The summed E-state index contributed by atoms with van der Waals surface area (Å²) in [5.74, 6) is -4.10. The van der Waals surface area contributed by atoms with Crippen LogP contribution in [0.2, 0.25) is 0 Å². The second-order valence-electron chi connectivity index (χ2n) is 9.70. The molecule has 1 radical (unpaired) electrons. The molecule has 0 aromatic heterocycles. The minimum Gasteiger partial charge on any atom is -0.460 e. The Bertz CT molecular complexity index is 856. The SMILES string of the molecule is C=CCOC(=O)CNC(=O)C(=O)C(CCC)NC(=O)[C@@H]1CCCN1C(=O)[C@@H](NC(=O)[CH]C(C)C)C(C)C. The first-order valence-electron chi connectivity index (χ1n) is 12.8. The summed E-state index contributed by atoms with van der Waals surface area (Å²) in [5.41, 5.74) is 0. The van der Waals surface area contributed by atoms with Gasteiger partial charge in [0.25, 0.3) is 5.91 Å². The van der Waals surface area contributed by atoms with Gasteiger partial charge in [0, 0.05) is 6.54 Å². The molecule has 1 fully saturated rings. The van der Waals surface area contributed by atoms with E-state index in [9.17, 15) is 28.8 Å². The van der Waals surface area contributed by atoms with E-state index in [1.165, 1.54) is 17.4 Å². The Morgan fingerprint density at radius 1 is 1.08 bits per heavy atom. The van der Waals surface area contributed by atoms with Crippen molar-refractivity contribution < 1.29 is 33.5 Å². The highest BCUT2D eigenvalue weighted by Gasteiger charge is 2.40. The fourth-order valence-corrected chi connectivity index (χ4v) is 3.93. The first kappa shape index (κ1) is 31.8. The lowest BCUT2D eigenvalue weighted by Crippen LogP contribution is -2.57. The predicted octanol–water partition coefficient (Wildman–Crippen LogP) is 0.678. The van der Waals surface area contributed by atoms with Crippen LogP contribution in [0.25, 0.3) is 0 Å². The van der Waals surface area contributed by atoms with Gasteiger partial charge in [0.15, 0.2) is 0 Å². The maximum atomic E-state index is 13.3. The summed E-state index contributed by atoms with van der Waals surface area (Å²) in [7, 11) is 0. The van der Waals surface area contributed by atoms with Crippen molar-refractivity contribution in [2.45, 2.75) is 78.4 Å². The number of hydrogen-bond acceptors (Lipinski definition) is 7. The molecule has 11 heteroatoms. The maximum absolute atomic E-state index is 13.3. The van der Waals surface area contributed by atoms with Gasteiger partial charge in [0.2, 0.25) is 23.5 Å². The van der Waals surface area contributed by atoms with Crippen molar-refractivity contribution in [1.29, 1.82) is 0 Å². The molecule has 0 aromatic rings. The van der Waals surface area contributed by atoms with E-state index in [0.717, 1.165) is 0 Å². The first-order chi connectivity index (χ1) is 17.4. The van der Waals surface area contributed by atoms with Crippen LogP contribution in [0, 0.1) is 18.3 Å². The second kappa shape index (κ2) is 15.8. The molecule has 0 spiro atoms. The van der Waals surface area contributed by atoms with Crippen LogP contribution >= 0.6 is 0 Å². The Balaban J connectivity index is 2.88. The molecule has 0 aliphatic carbocycles. The number of esters is 1. The second-order valence-corrected chi connectivity index (χ2v) is 9.70. The third-order valence-corrected chi connectivity index (χ3v) is 5.74. The third-order valence-electron chi connectivity index (χ3n) is 5.74. The first-order valence-corrected chi connectivity index (χ1v) is 12.8. The Morgan fingerprint density at radius 2 is 1.76 bits per heavy atom. The van der Waals surface area contributed by atoms with E-state index >= 15 is 0 Å². The summed E-state index contributed by atoms with van der Waals surface area (Å²) in [5, 5.41) is 7.56. The Hall–Kier alpha value is -3.24. The van der Waals surface area contributed by atoms with Crippen LogP contribution in [0.15, 0.2) is 12.7 Å². The predicted molar refractivity (Wildman–Crippen MR) is 137 cm³/mol. The van der Waals surface area contributed by atoms with Gasteiger partial charge in [-0.15, -0.1) is 0 Å². The molecule has 207 valence electrons. The zero-order chi connectivity index (χ0) is 28.1. The number of rotatable bonds is 15. The van der Waals surface area contributed by atoms with Gasteiger partial charge in [0.05, 0.1) is 12.5 Å². The van der Waals surface area contributed by atoms with Crippen LogP contribution in [-0.2, 0) is 33.5 Å². The number of ether oxygens (including phenoxy) is 1. The standard InChI is InChI=1S/C26H41N4O7/c1-7-10-18(23(33)25(35)27-15-21(32)37-13-8-2)28-24(34)19-11-9-12-30(19)26(36)22(17(5)6)29-20(31)14-16(3)4/h8,14,16-19,22H,2,7,9-13,15H2,1,3-6H3,(H,27,35)(H,28,34)(H,29,31)/t18?,19-,22-/m0/s1. The molecule has 3 N–H and O–H groups in total. The van der Waals surface area contributed by atoms with Crippen LogP contribution in [0.3, 0.4) is 0 Å². The number of carbonyl (C=O) groups excluding carboxylic acids is 6. The molecule has 1 rings (SSSR count). The number of Topliss-reactive ketones (excluding diaryl/α,β-unsaturated/α-hetero) is 1. The molecule has 1 heterocycles.